The van der Waals surface area contributed by atoms with Crippen LogP contribution < -0.4 is 16.8 Å². The average Bonchev–Trinajstić information content (AvgIpc) is 3.49. The first kappa shape index (κ1) is 37.9. The molecule has 0 spiro atoms. The molecule has 1 unspecified atom stereocenters. The SMILES string of the molecule is Cn1c(=O)c2c(nc(CCCCCCN3CC(C(=O)O)n4c(c(-c5cccc(C(F)(F)F)c5)c(Cc5cccc6ccccc56)cc4=O)S3)n2C)n(C)c1=O. The average molecular weight is 773 g/mol. The predicted octanol–water partition coefficient (Wildman–Crippen LogP) is 6.31. The number of nitrogens with zero attached hydrogens (tertiary/aromatic N) is 6. The minimum absolute atomic E-state index is 0.0329. The quantitative estimate of drug-likeness (QED) is 0.120. The highest BCUT2D eigenvalue weighted by molar-refractivity contribution is 7.97. The summed E-state index contributed by atoms with van der Waals surface area (Å²) in [7, 11) is 4.77. The molecule has 286 valence electrons. The Morgan fingerprint density at radius 1 is 0.873 bits per heavy atom. The van der Waals surface area contributed by atoms with E-state index in [1.165, 1.54) is 40.3 Å². The van der Waals surface area contributed by atoms with Gasteiger partial charge < -0.3 is 9.67 Å². The summed E-state index contributed by atoms with van der Waals surface area (Å²) in [6, 6.07) is 18.6. The van der Waals surface area contributed by atoms with Crippen LogP contribution in [0.4, 0.5) is 13.2 Å². The maximum absolute atomic E-state index is 14.0. The van der Waals surface area contributed by atoms with E-state index in [2.05, 4.69) is 4.98 Å². The molecule has 4 heterocycles. The summed E-state index contributed by atoms with van der Waals surface area (Å²) < 4.78 is 49.3. The van der Waals surface area contributed by atoms with Crippen molar-refractivity contribution in [1.29, 1.82) is 0 Å². The Kier molecular flexibility index (Phi) is 10.3. The number of rotatable bonds is 11. The van der Waals surface area contributed by atoms with Gasteiger partial charge in [0.15, 0.2) is 11.2 Å². The number of alkyl halides is 3. The molecule has 0 bridgehead atoms. The fraction of sp³-hybridized carbons (Fsp3) is 0.325. The third kappa shape index (κ3) is 7.25. The summed E-state index contributed by atoms with van der Waals surface area (Å²) in [6.45, 7) is 0.508. The first-order valence-corrected chi connectivity index (χ1v) is 18.7. The van der Waals surface area contributed by atoms with Gasteiger partial charge in [0, 0.05) is 52.3 Å². The van der Waals surface area contributed by atoms with Gasteiger partial charge in [0.1, 0.15) is 16.9 Å². The molecule has 11 nitrogen and oxygen atoms in total. The number of imidazole rings is 1. The molecule has 0 aliphatic carbocycles. The molecule has 0 saturated carbocycles. The van der Waals surface area contributed by atoms with E-state index in [9.17, 15) is 37.5 Å². The lowest BCUT2D eigenvalue weighted by molar-refractivity contribution is -0.141. The van der Waals surface area contributed by atoms with Crippen LogP contribution in [-0.2, 0) is 45.0 Å². The number of aryl methyl sites for hydroxylation is 3. The zero-order chi connectivity index (χ0) is 39.2. The van der Waals surface area contributed by atoms with Crippen molar-refractivity contribution in [2.75, 3.05) is 13.1 Å². The molecule has 0 fully saturated rings. The molecule has 3 aromatic carbocycles. The number of aliphatic carboxylic acids is 1. The first-order chi connectivity index (χ1) is 26.2. The topological polar surface area (TPSA) is 124 Å². The van der Waals surface area contributed by atoms with E-state index in [4.69, 9.17) is 0 Å². The number of carbonyl (C=O) groups is 1. The zero-order valence-corrected chi connectivity index (χ0v) is 31.3. The van der Waals surface area contributed by atoms with Gasteiger partial charge in [-0.3, -0.25) is 23.3 Å². The number of unbranched alkanes of at least 4 members (excludes halogenated alkanes) is 3. The van der Waals surface area contributed by atoms with Gasteiger partial charge in [0.2, 0.25) is 0 Å². The number of hydrogen-bond acceptors (Lipinski definition) is 7. The van der Waals surface area contributed by atoms with Crippen LogP contribution in [0.5, 0.6) is 0 Å². The van der Waals surface area contributed by atoms with Crippen LogP contribution in [0.3, 0.4) is 0 Å². The number of halogens is 3. The summed E-state index contributed by atoms with van der Waals surface area (Å²) in [5.74, 6) is -0.520. The van der Waals surface area contributed by atoms with E-state index in [1.54, 1.807) is 24.7 Å². The zero-order valence-electron chi connectivity index (χ0n) is 30.5. The number of fused-ring (bicyclic) bond motifs is 3. The van der Waals surface area contributed by atoms with Crippen LogP contribution in [0.15, 0.2) is 92.2 Å². The normalized spacial score (nSPS) is 14.8. The van der Waals surface area contributed by atoms with Gasteiger partial charge in [-0.25, -0.2) is 18.9 Å². The van der Waals surface area contributed by atoms with Crippen molar-refractivity contribution in [2.45, 2.75) is 55.8 Å². The van der Waals surface area contributed by atoms with Crippen LogP contribution in [-0.4, -0.2) is 51.7 Å². The molecule has 0 saturated heterocycles. The molecule has 1 aliphatic heterocycles. The van der Waals surface area contributed by atoms with E-state index < -0.39 is 40.6 Å². The molecule has 7 rings (SSSR count). The van der Waals surface area contributed by atoms with E-state index in [0.29, 0.717) is 52.5 Å². The van der Waals surface area contributed by atoms with Gasteiger partial charge in [-0.15, -0.1) is 0 Å². The highest BCUT2D eigenvalue weighted by Crippen LogP contribution is 2.42. The molecular weight excluding hydrogens is 734 g/mol. The number of aromatic nitrogens is 5. The minimum Gasteiger partial charge on any atom is -0.480 e. The molecule has 0 radical (unpaired) electrons. The third-order valence-corrected chi connectivity index (χ3v) is 11.5. The monoisotopic (exact) mass is 772 g/mol. The highest BCUT2D eigenvalue weighted by Gasteiger charge is 2.36. The Bertz CT molecular complexity index is 2640. The Morgan fingerprint density at radius 2 is 1.60 bits per heavy atom. The van der Waals surface area contributed by atoms with Crippen LogP contribution >= 0.6 is 11.9 Å². The van der Waals surface area contributed by atoms with Crippen molar-refractivity contribution < 1.29 is 23.1 Å². The molecule has 6 aromatic rings. The van der Waals surface area contributed by atoms with Crippen molar-refractivity contribution in [1.82, 2.24) is 27.6 Å². The molecular formula is C40H39F3N6O5S. The smallest absolute Gasteiger partial charge is 0.416 e. The predicted molar refractivity (Wildman–Crippen MR) is 205 cm³/mol. The molecule has 15 heteroatoms. The van der Waals surface area contributed by atoms with E-state index in [0.717, 1.165) is 52.3 Å². The van der Waals surface area contributed by atoms with Crippen LogP contribution in [0.2, 0.25) is 0 Å². The summed E-state index contributed by atoms with van der Waals surface area (Å²) in [5, 5.41) is 12.6. The summed E-state index contributed by atoms with van der Waals surface area (Å²) in [5.41, 5.74) is 0.505. The lowest BCUT2D eigenvalue weighted by Gasteiger charge is -2.35. The minimum atomic E-state index is -4.61. The lowest BCUT2D eigenvalue weighted by Crippen LogP contribution is -2.42. The summed E-state index contributed by atoms with van der Waals surface area (Å²) in [4.78, 5) is 56.2. The van der Waals surface area contributed by atoms with Gasteiger partial charge in [0.05, 0.1) is 5.56 Å². The maximum Gasteiger partial charge on any atom is 0.416 e. The second kappa shape index (κ2) is 15.0. The number of benzene rings is 3. The fourth-order valence-electron chi connectivity index (χ4n) is 7.46. The summed E-state index contributed by atoms with van der Waals surface area (Å²) in [6.07, 6.45) is -0.751. The van der Waals surface area contributed by atoms with Crippen molar-refractivity contribution in [3.8, 4) is 11.1 Å². The van der Waals surface area contributed by atoms with Gasteiger partial charge in [-0.2, -0.15) is 13.2 Å². The van der Waals surface area contributed by atoms with E-state index in [-0.39, 0.29) is 18.5 Å². The maximum atomic E-state index is 14.0. The number of carboxylic acid groups (broad SMARTS) is 1. The van der Waals surface area contributed by atoms with Crippen molar-refractivity contribution in [3.05, 3.63) is 127 Å². The Morgan fingerprint density at radius 3 is 2.36 bits per heavy atom. The first-order valence-electron chi connectivity index (χ1n) is 17.9. The molecule has 55 heavy (non-hydrogen) atoms. The standard InChI is InChI=1S/C40H39F3N6O5S/c1-45-31(44-35-34(45)36(51)47(3)39(54)46(35)2)18-6-4-5-9-19-48-23-30(38(52)53)49-32(50)22-27(20-25-14-10-13-24-12-7-8-17-29(24)25)33(37(49)55-48)26-15-11-16-28(21-26)40(41,42)43/h7-8,10-17,21-22,30H,4-6,9,18-20,23H2,1-3H3,(H,52,53). The van der Waals surface area contributed by atoms with Gasteiger partial charge >= 0.3 is 17.8 Å². The Balaban J connectivity index is 1.15. The molecule has 3 aromatic heterocycles. The van der Waals surface area contributed by atoms with Gasteiger partial charge in [0.25, 0.3) is 11.1 Å². The highest BCUT2D eigenvalue weighted by atomic mass is 32.2. The van der Waals surface area contributed by atoms with Crippen molar-refractivity contribution in [3.63, 3.8) is 0 Å². The van der Waals surface area contributed by atoms with Crippen LogP contribution in [0.25, 0.3) is 33.1 Å². The second-order valence-electron chi connectivity index (χ2n) is 13.9. The number of pyridine rings is 1. The Hall–Kier alpha value is -5.41. The van der Waals surface area contributed by atoms with Gasteiger partial charge in [-0.1, -0.05) is 67.4 Å². The number of carboxylic acids is 1. The molecule has 0 amide bonds. The fourth-order valence-corrected chi connectivity index (χ4v) is 8.78. The Labute approximate surface area is 317 Å². The third-order valence-electron chi connectivity index (χ3n) is 10.3. The second-order valence-corrected chi connectivity index (χ2v) is 15.0. The largest absolute Gasteiger partial charge is 0.480 e. The summed E-state index contributed by atoms with van der Waals surface area (Å²) >= 11 is 1.20. The van der Waals surface area contributed by atoms with Crippen molar-refractivity contribution in [2.24, 2.45) is 21.1 Å². The van der Waals surface area contributed by atoms with Crippen LogP contribution in [0, 0.1) is 0 Å². The lowest BCUT2D eigenvalue weighted by atomic mass is 9.93. The molecule has 1 aliphatic rings. The molecule has 1 atom stereocenters. The van der Waals surface area contributed by atoms with E-state index in [1.807, 2.05) is 46.8 Å². The van der Waals surface area contributed by atoms with Crippen molar-refractivity contribution >= 4 is 39.9 Å². The molecule has 1 N–H and O–H groups in total. The van der Waals surface area contributed by atoms with Gasteiger partial charge in [-0.05, 0) is 70.8 Å². The number of hydrogen-bond donors (Lipinski definition) is 1. The van der Waals surface area contributed by atoms with Crippen LogP contribution in [0.1, 0.15) is 54.2 Å². The van der Waals surface area contributed by atoms with E-state index >= 15 is 0 Å².